The van der Waals surface area contributed by atoms with Gasteiger partial charge in [0.25, 0.3) is 0 Å². The maximum atomic E-state index is 13.0. The van der Waals surface area contributed by atoms with Crippen LogP contribution in [0.4, 0.5) is 19.3 Å². The van der Waals surface area contributed by atoms with Gasteiger partial charge in [-0.2, -0.15) is 0 Å². The van der Waals surface area contributed by atoms with Crippen LogP contribution in [0.5, 0.6) is 11.5 Å². The molecule has 0 fully saturated rings. The van der Waals surface area contributed by atoms with Crippen LogP contribution in [0.1, 0.15) is 6.92 Å². The molecule has 2 N–H and O–H groups in total. The molecule has 0 saturated carbocycles. The lowest BCUT2D eigenvalue weighted by Gasteiger charge is -2.11. The Morgan fingerprint density at radius 1 is 1.12 bits per heavy atom. The van der Waals surface area contributed by atoms with Crippen molar-refractivity contribution in [3.8, 4) is 11.5 Å². The molecule has 0 aliphatic rings. The van der Waals surface area contributed by atoms with Crippen LogP contribution in [0.15, 0.2) is 36.4 Å². The molecule has 2 aromatic carbocycles. The number of benzene rings is 2. The number of urea groups is 1. The second-order valence-corrected chi connectivity index (χ2v) is 5.29. The van der Waals surface area contributed by atoms with E-state index < -0.39 is 17.7 Å². The molecule has 25 heavy (non-hydrogen) atoms. The van der Waals surface area contributed by atoms with E-state index in [1.807, 2.05) is 6.92 Å². The number of ether oxygens (including phenoxy) is 2. The van der Waals surface area contributed by atoms with E-state index in [2.05, 4.69) is 10.6 Å². The first-order valence-electron chi connectivity index (χ1n) is 7.54. The van der Waals surface area contributed by atoms with Crippen LogP contribution in [0.3, 0.4) is 0 Å². The molecule has 0 heterocycles. The summed E-state index contributed by atoms with van der Waals surface area (Å²) in [6.07, 6.45) is 0. The van der Waals surface area contributed by atoms with Crippen molar-refractivity contribution >= 4 is 23.3 Å². The van der Waals surface area contributed by atoms with Gasteiger partial charge in [0.1, 0.15) is 18.1 Å². The Balaban J connectivity index is 1.75. The standard InChI is InChI=1S/C17H17ClF2N2O3/c1-2-24-16-6-3-11(9-13(16)18)22-17(23)21-7-8-25-12-4-5-14(19)15(20)10-12/h3-6,9-10H,2,7-8H2,1H3,(H2,21,22,23). The summed E-state index contributed by atoms with van der Waals surface area (Å²) in [5.74, 6) is -1.22. The van der Waals surface area contributed by atoms with Crippen molar-refractivity contribution in [3.63, 3.8) is 0 Å². The summed E-state index contributed by atoms with van der Waals surface area (Å²) in [4.78, 5) is 11.8. The van der Waals surface area contributed by atoms with Gasteiger partial charge in [-0.05, 0) is 37.3 Å². The van der Waals surface area contributed by atoms with Gasteiger partial charge in [-0.1, -0.05) is 11.6 Å². The molecule has 0 spiro atoms. The van der Waals surface area contributed by atoms with E-state index in [1.165, 1.54) is 6.07 Å². The van der Waals surface area contributed by atoms with E-state index in [9.17, 15) is 13.6 Å². The Hall–Kier alpha value is -2.54. The monoisotopic (exact) mass is 370 g/mol. The molecule has 8 heteroatoms. The van der Waals surface area contributed by atoms with Gasteiger partial charge in [0, 0.05) is 11.8 Å². The van der Waals surface area contributed by atoms with E-state index in [1.54, 1.807) is 18.2 Å². The van der Waals surface area contributed by atoms with Crippen molar-refractivity contribution in [1.82, 2.24) is 5.32 Å². The highest BCUT2D eigenvalue weighted by atomic mass is 35.5. The van der Waals surface area contributed by atoms with Crippen LogP contribution < -0.4 is 20.1 Å². The van der Waals surface area contributed by atoms with E-state index in [0.717, 1.165) is 12.1 Å². The Labute approximate surface area is 148 Å². The van der Waals surface area contributed by atoms with Crippen LogP contribution >= 0.6 is 11.6 Å². The number of nitrogens with one attached hydrogen (secondary N) is 2. The third kappa shape index (κ3) is 5.79. The zero-order chi connectivity index (χ0) is 18.2. The van der Waals surface area contributed by atoms with Crippen LogP contribution in [0.2, 0.25) is 5.02 Å². The van der Waals surface area contributed by atoms with Crippen molar-refractivity contribution in [2.24, 2.45) is 0 Å². The van der Waals surface area contributed by atoms with E-state index in [-0.39, 0.29) is 18.9 Å². The van der Waals surface area contributed by atoms with Gasteiger partial charge in [0.15, 0.2) is 11.6 Å². The van der Waals surface area contributed by atoms with Crippen LogP contribution in [-0.2, 0) is 0 Å². The Bertz CT molecular complexity index is 744. The lowest BCUT2D eigenvalue weighted by atomic mass is 10.3. The zero-order valence-electron chi connectivity index (χ0n) is 13.4. The molecule has 0 aliphatic heterocycles. The molecular formula is C17H17ClF2N2O3. The first-order valence-corrected chi connectivity index (χ1v) is 7.92. The number of hydrogen-bond donors (Lipinski definition) is 2. The normalized spacial score (nSPS) is 10.2. The van der Waals surface area contributed by atoms with Gasteiger partial charge in [0.05, 0.1) is 18.2 Å². The minimum atomic E-state index is -0.990. The molecular weight excluding hydrogens is 354 g/mol. The number of hydrogen-bond acceptors (Lipinski definition) is 3. The Morgan fingerprint density at radius 2 is 1.92 bits per heavy atom. The van der Waals surface area contributed by atoms with Crippen molar-refractivity contribution in [2.45, 2.75) is 6.92 Å². The molecule has 0 radical (unpaired) electrons. The number of carbonyl (C=O) groups excluding carboxylic acids is 1. The zero-order valence-corrected chi connectivity index (χ0v) is 14.2. The molecule has 0 aromatic heterocycles. The van der Waals surface area contributed by atoms with Gasteiger partial charge in [-0.3, -0.25) is 0 Å². The fourth-order valence-electron chi connectivity index (χ4n) is 1.93. The maximum Gasteiger partial charge on any atom is 0.319 e. The molecule has 2 rings (SSSR count). The molecule has 0 unspecified atom stereocenters. The Morgan fingerprint density at radius 3 is 2.60 bits per heavy atom. The molecule has 134 valence electrons. The molecule has 0 atom stereocenters. The average molecular weight is 371 g/mol. The fourth-order valence-corrected chi connectivity index (χ4v) is 2.16. The van der Waals surface area contributed by atoms with Crippen molar-refractivity contribution in [2.75, 3.05) is 25.1 Å². The van der Waals surface area contributed by atoms with Crippen molar-refractivity contribution in [1.29, 1.82) is 0 Å². The quantitative estimate of drug-likeness (QED) is 0.717. The van der Waals surface area contributed by atoms with Gasteiger partial charge < -0.3 is 20.1 Å². The molecule has 0 aliphatic carbocycles. The second-order valence-electron chi connectivity index (χ2n) is 4.88. The number of carbonyl (C=O) groups is 1. The highest BCUT2D eigenvalue weighted by Gasteiger charge is 2.06. The van der Waals surface area contributed by atoms with E-state index in [0.29, 0.717) is 23.1 Å². The summed E-state index contributed by atoms with van der Waals surface area (Å²) in [6, 6.07) is 7.67. The average Bonchev–Trinajstić information content (AvgIpc) is 2.57. The summed E-state index contributed by atoms with van der Waals surface area (Å²) < 4.78 is 36.3. The van der Waals surface area contributed by atoms with E-state index >= 15 is 0 Å². The molecule has 0 saturated heterocycles. The van der Waals surface area contributed by atoms with Gasteiger partial charge in [-0.15, -0.1) is 0 Å². The number of halogens is 3. The van der Waals surface area contributed by atoms with Crippen LogP contribution in [-0.4, -0.2) is 25.8 Å². The largest absolute Gasteiger partial charge is 0.492 e. The minimum Gasteiger partial charge on any atom is -0.492 e. The summed E-state index contributed by atoms with van der Waals surface area (Å²) in [5.41, 5.74) is 0.507. The molecule has 2 amide bonds. The van der Waals surface area contributed by atoms with Gasteiger partial charge >= 0.3 is 6.03 Å². The molecule has 0 bridgehead atoms. The number of rotatable bonds is 7. The van der Waals surface area contributed by atoms with E-state index in [4.69, 9.17) is 21.1 Å². The summed E-state index contributed by atoms with van der Waals surface area (Å²) >= 11 is 6.04. The highest BCUT2D eigenvalue weighted by Crippen LogP contribution is 2.27. The predicted molar refractivity (Wildman–Crippen MR) is 91.5 cm³/mol. The summed E-state index contributed by atoms with van der Waals surface area (Å²) in [6.45, 7) is 2.61. The molecule has 5 nitrogen and oxygen atoms in total. The third-order valence-corrected chi connectivity index (χ3v) is 3.33. The first-order chi connectivity index (χ1) is 12.0. The lowest BCUT2D eigenvalue weighted by molar-refractivity contribution is 0.247. The molecule has 2 aromatic rings. The smallest absolute Gasteiger partial charge is 0.319 e. The van der Waals surface area contributed by atoms with Crippen molar-refractivity contribution < 1.29 is 23.0 Å². The maximum absolute atomic E-state index is 13.0. The number of amides is 2. The van der Waals surface area contributed by atoms with Crippen molar-refractivity contribution in [3.05, 3.63) is 53.1 Å². The second kappa shape index (κ2) is 9.08. The highest BCUT2D eigenvalue weighted by molar-refractivity contribution is 6.32. The SMILES string of the molecule is CCOc1ccc(NC(=O)NCCOc2ccc(F)c(F)c2)cc1Cl. The third-order valence-electron chi connectivity index (χ3n) is 3.04. The summed E-state index contributed by atoms with van der Waals surface area (Å²) in [7, 11) is 0. The predicted octanol–water partition coefficient (Wildman–Crippen LogP) is 4.22. The Kier molecular flexibility index (Phi) is 6.82. The first kappa shape index (κ1) is 18.8. The number of anilines is 1. The summed E-state index contributed by atoms with van der Waals surface area (Å²) in [5, 5.41) is 5.57. The topological polar surface area (TPSA) is 59.6 Å². The minimum absolute atomic E-state index is 0.0997. The van der Waals surface area contributed by atoms with Gasteiger partial charge in [-0.25, -0.2) is 13.6 Å². The van der Waals surface area contributed by atoms with Crippen LogP contribution in [0, 0.1) is 11.6 Å². The van der Waals surface area contributed by atoms with Gasteiger partial charge in [0.2, 0.25) is 0 Å². The fraction of sp³-hybridized carbons (Fsp3) is 0.235. The lowest BCUT2D eigenvalue weighted by Crippen LogP contribution is -2.32. The van der Waals surface area contributed by atoms with Crippen LogP contribution in [0.25, 0.3) is 0 Å².